The van der Waals surface area contributed by atoms with Crippen molar-refractivity contribution in [2.45, 2.75) is 52.5 Å². The molecule has 2 nitrogen and oxygen atoms in total. The summed E-state index contributed by atoms with van der Waals surface area (Å²) < 4.78 is 0. The second-order valence-electron chi connectivity index (χ2n) is 4.88. The summed E-state index contributed by atoms with van der Waals surface area (Å²) >= 11 is 0. The van der Waals surface area contributed by atoms with Crippen LogP contribution in [0.4, 0.5) is 0 Å². The lowest BCUT2D eigenvalue weighted by atomic mass is 10.1. The molecule has 2 heteroatoms. The van der Waals surface area contributed by atoms with Crippen LogP contribution in [0.2, 0.25) is 0 Å². The summed E-state index contributed by atoms with van der Waals surface area (Å²) in [6, 6.07) is 0.691. The van der Waals surface area contributed by atoms with Gasteiger partial charge in [0.1, 0.15) is 0 Å². The molecule has 0 aromatic heterocycles. The van der Waals surface area contributed by atoms with Crippen LogP contribution in [0.5, 0.6) is 0 Å². The van der Waals surface area contributed by atoms with Crippen molar-refractivity contribution < 1.29 is 0 Å². The predicted octanol–water partition coefficient (Wildman–Crippen LogP) is 2.84. The third-order valence-corrected chi connectivity index (χ3v) is 3.22. The molecule has 15 heavy (non-hydrogen) atoms. The molecule has 0 radical (unpaired) electrons. The highest BCUT2D eigenvalue weighted by atomic mass is 15.1. The van der Waals surface area contributed by atoms with Crippen molar-refractivity contribution in [1.82, 2.24) is 9.80 Å². The summed E-state index contributed by atoms with van der Waals surface area (Å²) in [5, 5.41) is 0. The Morgan fingerprint density at radius 3 is 1.87 bits per heavy atom. The van der Waals surface area contributed by atoms with Crippen LogP contribution in [0.25, 0.3) is 0 Å². The van der Waals surface area contributed by atoms with E-state index in [-0.39, 0.29) is 0 Å². The molecule has 92 valence electrons. The Morgan fingerprint density at radius 1 is 0.867 bits per heavy atom. The minimum Gasteiger partial charge on any atom is -0.307 e. The van der Waals surface area contributed by atoms with Crippen LogP contribution in [0.3, 0.4) is 0 Å². The Morgan fingerprint density at radius 2 is 1.40 bits per heavy atom. The van der Waals surface area contributed by atoms with Crippen LogP contribution in [-0.2, 0) is 0 Å². The summed E-state index contributed by atoms with van der Waals surface area (Å²) in [5.41, 5.74) is 0. The van der Waals surface area contributed by atoms with Crippen molar-refractivity contribution >= 4 is 0 Å². The first-order valence-electron chi connectivity index (χ1n) is 6.46. The maximum Gasteiger partial charge on any atom is 0.00355 e. The van der Waals surface area contributed by atoms with Gasteiger partial charge in [0, 0.05) is 6.04 Å². The van der Waals surface area contributed by atoms with Crippen LogP contribution in [0.1, 0.15) is 46.5 Å². The van der Waals surface area contributed by atoms with Crippen LogP contribution in [0.15, 0.2) is 0 Å². The van der Waals surface area contributed by atoms with E-state index in [4.69, 9.17) is 0 Å². The molecule has 0 spiro atoms. The van der Waals surface area contributed by atoms with Crippen molar-refractivity contribution in [3.05, 3.63) is 0 Å². The fourth-order valence-corrected chi connectivity index (χ4v) is 1.51. The third kappa shape index (κ3) is 8.88. The van der Waals surface area contributed by atoms with E-state index in [1.165, 1.54) is 45.3 Å². The molecule has 0 heterocycles. The summed E-state index contributed by atoms with van der Waals surface area (Å²) in [6.45, 7) is 10.4. The zero-order chi connectivity index (χ0) is 11.7. The Balaban J connectivity index is 3.18. The zero-order valence-electron chi connectivity index (χ0n) is 11.4. The number of rotatable bonds is 9. The van der Waals surface area contributed by atoms with Gasteiger partial charge in [-0.3, -0.25) is 0 Å². The molecule has 0 aromatic rings. The van der Waals surface area contributed by atoms with E-state index >= 15 is 0 Å². The van der Waals surface area contributed by atoms with Crippen LogP contribution < -0.4 is 0 Å². The number of hydrogen-bond acceptors (Lipinski definition) is 2. The highest BCUT2D eigenvalue weighted by Crippen LogP contribution is 2.03. The van der Waals surface area contributed by atoms with Gasteiger partial charge in [-0.15, -0.1) is 0 Å². The summed E-state index contributed by atoms with van der Waals surface area (Å²) in [6.07, 6.45) is 5.48. The zero-order valence-corrected chi connectivity index (χ0v) is 11.4. The summed E-state index contributed by atoms with van der Waals surface area (Å²) in [5.74, 6) is 0. The number of nitrogens with zero attached hydrogens (tertiary/aromatic N) is 2. The minimum atomic E-state index is 0.691. The van der Waals surface area contributed by atoms with Crippen molar-refractivity contribution in [2.75, 3.05) is 33.7 Å². The Hall–Kier alpha value is -0.0800. The Labute approximate surface area is 96.6 Å². The fraction of sp³-hybridized carbons (Fsp3) is 1.00. The first kappa shape index (κ1) is 14.9. The summed E-state index contributed by atoms with van der Waals surface area (Å²) in [4.78, 5) is 4.82. The smallest absolute Gasteiger partial charge is 0.00355 e. The molecule has 0 N–H and O–H groups in total. The molecular formula is C13H30N2. The minimum absolute atomic E-state index is 0.691. The molecule has 0 saturated carbocycles. The molecule has 0 aliphatic rings. The monoisotopic (exact) mass is 214 g/mol. The van der Waals surface area contributed by atoms with Gasteiger partial charge >= 0.3 is 0 Å². The summed E-state index contributed by atoms with van der Waals surface area (Å²) in [7, 11) is 4.42. The number of unbranched alkanes of at least 4 members (excludes halogenated alkanes) is 3. The quantitative estimate of drug-likeness (QED) is 0.545. The van der Waals surface area contributed by atoms with Crippen LogP contribution >= 0.6 is 0 Å². The van der Waals surface area contributed by atoms with Gasteiger partial charge < -0.3 is 9.80 Å². The lowest BCUT2D eigenvalue weighted by Gasteiger charge is -2.20. The lowest BCUT2D eigenvalue weighted by molar-refractivity contribution is 0.265. The maximum atomic E-state index is 2.43. The highest BCUT2D eigenvalue weighted by Gasteiger charge is 2.01. The molecule has 0 atom stereocenters. The lowest BCUT2D eigenvalue weighted by Crippen LogP contribution is -2.27. The van der Waals surface area contributed by atoms with Gasteiger partial charge in [-0.05, 0) is 60.4 Å². The second kappa shape index (κ2) is 9.17. The van der Waals surface area contributed by atoms with E-state index in [0.717, 1.165) is 0 Å². The third-order valence-electron chi connectivity index (χ3n) is 3.22. The molecule has 0 unspecified atom stereocenters. The molecule has 0 amide bonds. The van der Waals surface area contributed by atoms with E-state index in [0.29, 0.717) is 6.04 Å². The average molecular weight is 214 g/mol. The van der Waals surface area contributed by atoms with Crippen LogP contribution in [0, 0.1) is 0 Å². The van der Waals surface area contributed by atoms with Gasteiger partial charge in [0.2, 0.25) is 0 Å². The van der Waals surface area contributed by atoms with Gasteiger partial charge in [0.25, 0.3) is 0 Å². The maximum absolute atomic E-state index is 2.43. The van der Waals surface area contributed by atoms with E-state index < -0.39 is 0 Å². The Kier molecular flexibility index (Phi) is 9.12. The van der Waals surface area contributed by atoms with Gasteiger partial charge in [-0.25, -0.2) is 0 Å². The molecule has 0 rings (SSSR count). The normalized spacial score (nSPS) is 12.0. The first-order chi connectivity index (χ1) is 7.07. The second-order valence-corrected chi connectivity index (χ2v) is 4.88. The standard InChI is InChI=1S/C13H30N2/c1-6-14(4)11-9-7-8-10-12-15(5)13(2)3/h13H,6-12H2,1-5H3. The average Bonchev–Trinajstić information content (AvgIpc) is 2.22. The van der Waals surface area contributed by atoms with E-state index in [9.17, 15) is 0 Å². The molecular weight excluding hydrogens is 184 g/mol. The SMILES string of the molecule is CCN(C)CCCCCCN(C)C(C)C. The van der Waals surface area contributed by atoms with E-state index in [1.54, 1.807) is 0 Å². The fourth-order valence-electron chi connectivity index (χ4n) is 1.51. The molecule has 0 aliphatic heterocycles. The molecule has 0 fully saturated rings. The van der Waals surface area contributed by atoms with Gasteiger partial charge in [-0.2, -0.15) is 0 Å². The van der Waals surface area contributed by atoms with Crippen LogP contribution in [-0.4, -0.2) is 49.6 Å². The predicted molar refractivity (Wildman–Crippen MR) is 69.4 cm³/mol. The van der Waals surface area contributed by atoms with Gasteiger partial charge in [0.05, 0.1) is 0 Å². The largest absolute Gasteiger partial charge is 0.307 e. The van der Waals surface area contributed by atoms with E-state index in [2.05, 4.69) is 44.7 Å². The van der Waals surface area contributed by atoms with Crippen molar-refractivity contribution in [1.29, 1.82) is 0 Å². The number of hydrogen-bond donors (Lipinski definition) is 0. The van der Waals surface area contributed by atoms with Gasteiger partial charge in [-0.1, -0.05) is 19.8 Å². The highest BCUT2D eigenvalue weighted by molar-refractivity contribution is 4.57. The molecule has 0 saturated heterocycles. The Bertz CT molecular complexity index is 134. The molecule has 0 aliphatic carbocycles. The van der Waals surface area contributed by atoms with E-state index in [1.807, 2.05) is 0 Å². The first-order valence-corrected chi connectivity index (χ1v) is 6.46. The van der Waals surface area contributed by atoms with Crippen molar-refractivity contribution in [3.63, 3.8) is 0 Å². The molecule has 0 bridgehead atoms. The molecule has 0 aromatic carbocycles. The topological polar surface area (TPSA) is 6.48 Å². The van der Waals surface area contributed by atoms with Gasteiger partial charge in [0.15, 0.2) is 0 Å². The van der Waals surface area contributed by atoms with Crippen molar-refractivity contribution in [2.24, 2.45) is 0 Å². The van der Waals surface area contributed by atoms with Crippen molar-refractivity contribution in [3.8, 4) is 0 Å².